The minimum absolute atomic E-state index is 0.00786. The summed E-state index contributed by atoms with van der Waals surface area (Å²) >= 11 is 5.90. The predicted molar refractivity (Wildman–Crippen MR) is 106 cm³/mol. The second-order valence-corrected chi connectivity index (χ2v) is 7.64. The van der Waals surface area contributed by atoms with E-state index < -0.39 is 5.85 Å². The van der Waals surface area contributed by atoms with Crippen LogP contribution in [0.15, 0.2) is 53.1 Å². The zero-order valence-corrected chi connectivity index (χ0v) is 16.8. The fraction of sp³-hybridized carbons (Fsp3) is 0.211. The molecule has 0 saturated carbocycles. The van der Waals surface area contributed by atoms with Crippen LogP contribution >= 0.6 is 20.8 Å². The molecule has 0 spiro atoms. The Morgan fingerprint density at radius 1 is 1.17 bits per heavy atom. The summed E-state index contributed by atoms with van der Waals surface area (Å²) in [5.41, 5.74) is 1.31. The van der Waals surface area contributed by atoms with E-state index >= 15 is 0 Å². The maximum atomic E-state index is 12.9. The molecule has 4 rings (SSSR count). The van der Waals surface area contributed by atoms with E-state index in [0.717, 1.165) is 5.69 Å². The third kappa shape index (κ3) is 4.54. The molecule has 10 heteroatoms. The Morgan fingerprint density at radius 2 is 1.86 bits per heavy atom. The SMILES string of the molecule is O=C1CC(c2noc(-c3ccc(OC(F)(F)P)cc3)n2)CN1c1ccc(Cl)cc1. The molecule has 1 aromatic heterocycles. The Balaban J connectivity index is 1.48. The molecule has 2 heterocycles. The van der Waals surface area contributed by atoms with Crippen LogP contribution in [0.5, 0.6) is 5.75 Å². The van der Waals surface area contributed by atoms with Gasteiger partial charge in [0.15, 0.2) is 5.82 Å². The number of carbonyl (C=O) groups is 1. The van der Waals surface area contributed by atoms with Gasteiger partial charge in [0.1, 0.15) is 5.75 Å². The first-order valence-electron chi connectivity index (χ1n) is 8.64. The van der Waals surface area contributed by atoms with Gasteiger partial charge in [-0.3, -0.25) is 4.79 Å². The van der Waals surface area contributed by atoms with Crippen molar-refractivity contribution in [2.75, 3.05) is 11.4 Å². The lowest BCUT2D eigenvalue weighted by molar-refractivity contribution is -0.117. The summed E-state index contributed by atoms with van der Waals surface area (Å²) in [5, 5.41) is 4.59. The van der Waals surface area contributed by atoms with Crippen molar-refractivity contribution < 1.29 is 22.8 Å². The van der Waals surface area contributed by atoms with E-state index in [1.165, 1.54) is 21.4 Å². The molecule has 29 heavy (non-hydrogen) atoms. The van der Waals surface area contributed by atoms with Crippen LogP contribution in [0.1, 0.15) is 18.2 Å². The first-order chi connectivity index (χ1) is 13.8. The van der Waals surface area contributed by atoms with Gasteiger partial charge >= 0.3 is 5.85 Å². The van der Waals surface area contributed by atoms with Gasteiger partial charge in [-0.05, 0) is 57.8 Å². The number of nitrogens with zero attached hydrogens (tertiary/aromatic N) is 3. The molecule has 2 unspecified atom stereocenters. The van der Waals surface area contributed by atoms with Crippen LogP contribution in [0.2, 0.25) is 5.02 Å². The molecule has 150 valence electrons. The van der Waals surface area contributed by atoms with Crippen molar-refractivity contribution in [3.05, 3.63) is 59.4 Å². The molecule has 6 nitrogen and oxygen atoms in total. The third-order valence-electron chi connectivity index (χ3n) is 4.43. The monoisotopic (exact) mass is 437 g/mol. The number of hydrogen-bond donors (Lipinski definition) is 0. The van der Waals surface area contributed by atoms with Crippen LogP contribution in [0.4, 0.5) is 14.5 Å². The summed E-state index contributed by atoms with van der Waals surface area (Å²) in [5.74, 6) is -2.93. The Hall–Kier alpha value is -2.57. The van der Waals surface area contributed by atoms with Crippen LogP contribution in [-0.2, 0) is 4.79 Å². The molecule has 0 aliphatic carbocycles. The second kappa shape index (κ2) is 7.69. The van der Waals surface area contributed by atoms with E-state index in [1.54, 1.807) is 41.3 Å². The molecule has 1 amide bonds. The van der Waals surface area contributed by atoms with Crippen molar-refractivity contribution in [1.82, 2.24) is 10.1 Å². The largest absolute Gasteiger partial charge is 0.430 e. The van der Waals surface area contributed by atoms with Gasteiger partial charge in [-0.25, -0.2) is 0 Å². The quantitative estimate of drug-likeness (QED) is 0.540. The Kier molecular flexibility index (Phi) is 5.23. The van der Waals surface area contributed by atoms with Crippen molar-refractivity contribution in [2.24, 2.45) is 0 Å². The first-order valence-corrected chi connectivity index (χ1v) is 9.60. The maximum absolute atomic E-state index is 12.9. The van der Waals surface area contributed by atoms with E-state index in [9.17, 15) is 13.6 Å². The number of alkyl halides is 2. The number of hydrogen-bond acceptors (Lipinski definition) is 5. The van der Waals surface area contributed by atoms with Crippen molar-refractivity contribution >= 4 is 32.4 Å². The lowest BCUT2D eigenvalue weighted by Crippen LogP contribution is -2.24. The lowest BCUT2D eigenvalue weighted by atomic mass is 10.1. The highest BCUT2D eigenvalue weighted by Crippen LogP contribution is 2.33. The zero-order chi connectivity index (χ0) is 20.6. The number of benzene rings is 2. The van der Waals surface area contributed by atoms with Crippen LogP contribution in [0, 0.1) is 0 Å². The maximum Gasteiger partial charge on any atom is 0.408 e. The van der Waals surface area contributed by atoms with Gasteiger partial charge < -0.3 is 14.2 Å². The van der Waals surface area contributed by atoms with Crippen molar-refractivity contribution in [3.63, 3.8) is 0 Å². The minimum Gasteiger partial charge on any atom is -0.430 e. The van der Waals surface area contributed by atoms with Gasteiger partial charge in [-0.2, -0.15) is 13.8 Å². The van der Waals surface area contributed by atoms with Crippen molar-refractivity contribution in [2.45, 2.75) is 18.2 Å². The first kappa shape index (κ1) is 19.7. The minimum atomic E-state index is -3.34. The fourth-order valence-corrected chi connectivity index (χ4v) is 3.35. The van der Waals surface area contributed by atoms with E-state index in [1.807, 2.05) is 0 Å². The molecular formula is C19H15ClF2N3O3P. The van der Waals surface area contributed by atoms with E-state index in [2.05, 4.69) is 14.9 Å². The molecule has 1 saturated heterocycles. The fourth-order valence-electron chi connectivity index (χ4n) is 3.09. The van der Waals surface area contributed by atoms with Crippen molar-refractivity contribution in [1.29, 1.82) is 0 Å². The molecular weight excluding hydrogens is 423 g/mol. The third-order valence-corrected chi connectivity index (χ3v) is 4.80. The topological polar surface area (TPSA) is 68.5 Å². The number of aromatic nitrogens is 2. The highest BCUT2D eigenvalue weighted by atomic mass is 35.5. The number of rotatable bonds is 5. The van der Waals surface area contributed by atoms with Gasteiger partial charge in [0, 0.05) is 35.2 Å². The molecule has 2 atom stereocenters. The van der Waals surface area contributed by atoms with Crippen LogP contribution in [0.25, 0.3) is 11.5 Å². The summed E-state index contributed by atoms with van der Waals surface area (Å²) in [6.45, 7) is 0.426. The molecule has 0 bridgehead atoms. The average molecular weight is 438 g/mol. The molecule has 3 aromatic rings. The van der Waals surface area contributed by atoms with Gasteiger partial charge in [0.05, 0.1) is 0 Å². The van der Waals surface area contributed by atoms with Gasteiger partial charge in [-0.1, -0.05) is 16.8 Å². The standard InChI is InChI=1S/C19H15ClF2N3O3P/c20-13-3-5-14(6-4-13)25-10-12(9-16(25)26)17-23-18(28-24-17)11-1-7-15(8-2-11)27-19(21,22)29/h1-8,12H,9-10,29H2. The van der Waals surface area contributed by atoms with Gasteiger partial charge in [0.2, 0.25) is 5.91 Å². The smallest absolute Gasteiger partial charge is 0.408 e. The lowest BCUT2D eigenvalue weighted by Gasteiger charge is -2.16. The van der Waals surface area contributed by atoms with E-state index in [-0.39, 0.29) is 29.9 Å². The molecule has 1 aliphatic heterocycles. The predicted octanol–water partition coefficient (Wildman–Crippen LogP) is 4.71. The highest BCUT2D eigenvalue weighted by Gasteiger charge is 2.34. The number of amides is 1. The number of ether oxygens (including phenoxy) is 1. The Labute approximate surface area is 172 Å². The molecule has 1 fully saturated rings. The highest BCUT2D eigenvalue weighted by molar-refractivity contribution is 7.17. The van der Waals surface area contributed by atoms with E-state index in [0.29, 0.717) is 23.0 Å². The molecule has 1 aliphatic rings. The average Bonchev–Trinajstić information content (AvgIpc) is 3.29. The van der Waals surface area contributed by atoms with Crippen molar-refractivity contribution in [3.8, 4) is 17.2 Å². The van der Waals surface area contributed by atoms with Gasteiger partial charge in [-0.15, -0.1) is 0 Å². The molecule has 0 radical (unpaired) electrons. The second-order valence-electron chi connectivity index (χ2n) is 6.53. The summed E-state index contributed by atoms with van der Waals surface area (Å²) in [6, 6.07) is 12.9. The molecule has 2 aromatic carbocycles. The summed E-state index contributed by atoms with van der Waals surface area (Å²) in [4.78, 5) is 18.4. The number of halogens is 3. The zero-order valence-electron chi connectivity index (χ0n) is 14.9. The Bertz CT molecular complexity index is 1020. The summed E-state index contributed by atoms with van der Waals surface area (Å²) in [7, 11) is 1.31. The number of carbonyl (C=O) groups excluding carboxylic acids is 1. The summed E-state index contributed by atoms with van der Waals surface area (Å²) in [6.07, 6.45) is 0.262. The normalized spacial score (nSPS) is 17.0. The van der Waals surface area contributed by atoms with Crippen LogP contribution in [-0.4, -0.2) is 28.4 Å². The molecule has 0 N–H and O–H groups in total. The van der Waals surface area contributed by atoms with Crippen LogP contribution in [0.3, 0.4) is 0 Å². The number of anilines is 1. The van der Waals surface area contributed by atoms with E-state index in [4.69, 9.17) is 16.1 Å². The summed E-state index contributed by atoms with van der Waals surface area (Å²) < 4.78 is 35.5. The Morgan fingerprint density at radius 3 is 2.52 bits per heavy atom. The van der Waals surface area contributed by atoms with Crippen LogP contribution < -0.4 is 9.64 Å². The van der Waals surface area contributed by atoms with Gasteiger partial charge in [0.25, 0.3) is 5.89 Å².